The molecule has 0 spiro atoms. The molecule has 1 heterocycles. The van der Waals surface area contributed by atoms with Gasteiger partial charge in [-0.1, -0.05) is 12.8 Å². The molecule has 1 aliphatic rings. The molecule has 1 aromatic heterocycles. The molecule has 0 bridgehead atoms. The van der Waals surface area contributed by atoms with Gasteiger partial charge in [0.15, 0.2) is 0 Å². The smallest absolute Gasteiger partial charge is 0.0740 e. The van der Waals surface area contributed by atoms with Gasteiger partial charge >= 0.3 is 0 Å². The maximum absolute atomic E-state index is 3.55. The molecule has 2 nitrogen and oxygen atoms in total. The maximum atomic E-state index is 3.55. The number of hydrogen-bond donors (Lipinski definition) is 2. The summed E-state index contributed by atoms with van der Waals surface area (Å²) in [6.07, 6.45) is 9.59. The zero-order valence-corrected chi connectivity index (χ0v) is 8.79. The van der Waals surface area contributed by atoms with E-state index in [4.69, 9.17) is 0 Å². The van der Waals surface area contributed by atoms with Crippen molar-refractivity contribution in [2.24, 2.45) is 0 Å². The van der Waals surface area contributed by atoms with Crippen LogP contribution in [0.3, 0.4) is 0 Å². The molecule has 1 saturated carbocycles. The van der Waals surface area contributed by atoms with E-state index in [0.717, 1.165) is 0 Å². The molecule has 1 fully saturated rings. The van der Waals surface area contributed by atoms with Crippen LogP contribution < -0.4 is 5.32 Å². The average Bonchev–Trinajstić information content (AvgIpc) is 2.76. The first kappa shape index (κ1) is 9.00. The summed E-state index contributed by atoms with van der Waals surface area (Å²) in [5.74, 6) is 0. The van der Waals surface area contributed by atoms with Gasteiger partial charge in [-0.2, -0.15) is 0 Å². The Morgan fingerprint density at radius 3 is 2.85 bits per heavy atom. The van der Waals surface area contributed by atoms with E-state index in [9.17, 15) is 0 Å². The van der Waals surface area contributed by atoms with Gasteiger partial charge in [0.1, 0.15) is 0 Å². The topological polar surface area (TPSA) is 27.8 Å². The van der Waals surface area contributed by atoms with Crippen LogP contribution >= 0.6 is 11.8 Å². The first-order valence-electron chi connectivity index (χ1n) is 4.87. The van der Waals surface area contributed by atoms with E-state index < -0.39 is 0 Å². The highest BCUT2D eigenvalue weighted by Crippen LogP contribution is 2.24. The van der Waals surface area contributed by atoms with Gasteiger partial charge in [0.2, 0.25) is 0 Å². The molecule has 0 amide bonds. The average molecular weight is 196 g/mol. The number of H-pyrrole nitrogens is 1. The Balaban J connectivity index is 1.92. The van der Waals surface area contributed by atoms with Crippen LogP contribution in [0, 0.1) is 0 Å². The molecule has 13 heavy (non-hydrogen) atoms. The second kappa shape index (κ2) is 4.09. The highest BCUT2D eigenvalue weighted by molar-refractivity contribution is 7.98. The standard InChI is InChI=1S/C10H16N2S/c1-13-10-6-9(7-11-10)12-8-4-2-3-5-8/h6-8,11-12H,2-5H2,1H3. The Bertz CT molecular complexity index is 264. The monoisotopic (exact) mass is 196 g/mol. The van der Waals surface area contributed by atoms with E-state index in [0.29, 0.717) is 6.04 Å². The molecule has 0 aliphatic heterocycles. The fourth-order valence-corrected chi connectivity index (χ4v) is 2.30. The molecule has 1 aliphatic carbocycles. The molecule has 0 radical (unpaired) electrons. The summed E-state index contributed by atoms with van der Waals surface area (Å²) in [6.45, 7) is 0. The summed E-state index contributed by atoms with van der Waals surface area (Å²) in [5, 5.41) is 4.79. The lowest BCUT2D eigenvalue weighted by molar-refractivity contribution is 0.756. The fourth-order valence-electron chi connectivity index (χ4n) is 1.88. The van der Waals surface area contributed by atoms with Crippen molar-refractivity contribution in [2.75, 3.05) is 11.6 Å². The van der Waals surface area contributed by atoms with Crippen LogP contribution in [0.1, 0.15) is 25.7 Å². The van der Waals surface area contributed by atoms with Gasteiger partial charge in [-0.3, -0.25) is 0 Å². The summed E-state index contributed by atoms with van der Waals surface area (Å²) in [6, 6.07) is 2.90. The number of aromatic amines is 1. The third kappa shape index (κ3) is 2.21. The second-order valence-corrected chi connectivity index (χ2v) is 4.43. The van der Waals surface area contributed by atoms with Gasteiger partial charge in [-0.15, -0.1) is 11.8 Å². The van der Waals surface area contributed by atoms with E-state index in [-0.39, 0.29) is 0 Å². The SMILES string of the molecule is CSc1cc(NC2CCCC2)c[nH]1. The summed E-state index contributed by atoms with van der Waals surface area (Å²) in [5.41, 5.74) is 1.25. The Hall–Kier alpha value is -0.570. The Labute approximate surface area is 83.5 Å². The first-order valence-corrected chi connectivity index (χ1v) is 6.10. The van der Waals surface area contributed by atoms with E-state index in [1.807, 2.05) is 0 Å². The van der Waals surface area contributed by atoms with Gasteiger partial charge < -0.3 is 10.3 Å². The van der Waals surface area contributed by atoms with Crippen LogP contribution in [0.5, 0.6) is 0 Å². The maximum Gasteiger partial charge on any atom is 0.0740 e. The van der Waals surface area contributed by atoms with Crippen LogP contribution in [0.4, 0.5) is 5.69 Å². The van der Waals surface area contributed by atoms with Crippen molar-refractivity contribution in [3.05, 3.63) is 12.3 Å². The van der Waals surface area contributed by atoms with Gasteiger partial charge in [-0.25, -0.2) is 0 Å². The van der Waals surface area contributed by atoms with Gasteiger partial charge in [0, 0.05) is 12.2 Å². The number of hydrogen-bond acceptors (Lipinski definition) is 2. The molecule has 2 rings (SSSR count). The van der Waals surface area contributed by atoms with Crippen molar-refractivity contribution in [3.8, 4) is 0 Å². The van der Waals surface area contributed by atoms with Crippen molar-refractivity contribution >= 4 is 17.4 Å². The third-order valence-corrected chi connectivity index (χ3v) is 3.28. The van der Waals surface area contributed by atoms with E-state index in [2.05, 4.69) is 28.8 Å². The second-order valence-electron chi connectivity index (χ2n) is 3.58. The summed E-state index contributed by atoms with van der Waals surface area (Å²) in [4.78, 5) is 3.23. The Morgan fingerprint density at radius 1 is 1.46 bits per heavy atom. The zero-order chi connectivity index (χ0) is 9.10. The van der Waals surface area contributed by atoms with E-state index in [1.54, 1.807) is 11.8 Å². The van der Waals surface area contributed by atoms with Gasteiger partial charge in [0.25, 0.3) is 0 Å². The van der Waals surface area contributed by atoms with Crippen molar-refractivity contribution in [3.63, 3.8) is 0 Å². The van der Waals surface area contributed by atoms with E-state index in [1.165, 1.54) is 36.4 Å². The highest BCUT2D eigenvalue weighted by Gasteiger charge is 2.14. The van der Waals surface area contributed by atoms with Gasteiger partial charge in [0.05, 0.1) is 10.7 Å². The lowest BCUT2D eigenvalue weighted by Gasteiger charge is -2.10. The molecule has 3 heteroatoms. The molecule has 1 aromatic rings. The molecule has 0 saturated heterocycles. The van der Waals surface area contributed by atoms with Crippen molar-refractivity contribution < 1.29 is 0 Å². The molecule has 0 atom stereocenters. The predicted molar refractivity (Wildman–Crippen MR) is 58.5 cm³/mol. The molecule has 0 unspecified atom stereocenters. The molecular weight excluding hydrogens is 180 g/mol. The Morgan fingerprint density at radius 2 is 2.23 bits per heavy atom. The van der Waals surface area contributed by atoms with Gasteiger partial charge in [-0.05, 0) is 25.2 Å². The molecular formula is C10H16N2S. The number of thioether (sulfide) groups is 1. The van der Waals surface area contributed by atoms with Crippen LogP contribution in [0.15, 0.2) is 17.3 Å². The van der Waals surface area contributed by atoms with Crippen molar-refractivity contribution in [1.82, 2.24) is 4.98 Å². The highest BCUT2D eigenvalue weighted by atomic mass is 32.2. The normalized spacial score (nSPS) is 17.9. The largest absolute Gasteiger partial charge is 0.381 e. The minimum absolute atomic E-state index is 0.713. The van der Waals surface area contributed by atoms with E-state index >= 15 is 0 Å². The zero-order valence-electron chi connectivity index (χ0n) is 7.97. The first-order chi connectivity index (χ1) is 6.38. The van der Waals surface area contributed by atoms with Crippen LogP contribution in [-0.2, 0) is 0 Å². The van der Waals surface area contributed by atoms with Crippen molar-refractivity contribution in [2.45, 2.75) is 36.8 Å². The molecule has 2 N–H and O–H groups in total. The van der Waals surface area contributed by atoms with Crippen LogP contribution in [0.25, 0.3) is 0 Å². The molecule has 72 valence electrons. The summed E-state index contributed by atoms with van der Waals surface area (Å²) in [7, 11) is 0. The van der Waals surface area contributed by atoms with Crippen LogP contribution in [0.2, 0.25) is 0 Å². The minimum Gasteiger partial charge on any atom is -0.381 e. The Kier molecular flexibility index (Phi) is 2.83. The number of rotatable bonds is 3. The predicted octanol–water partition coefficient (Wildman–Crippen LogP) is 3.09. The quantitative estimate of drug-likeness (QED) is 0.727. The number of aromatic nitrogens is 1. The summed E-state index contributed by atoms with van der Waals surface area (Å²) >= 11 is 1.75. The number of nitrogens with one attached hydrogen (secondary N) is 2. The van der Waals surface area contributed by atoms with Crippen LogP contribution in [-0.4, -0.2) is 17.3 Å². The fraction of sp³-hybridized carbons (Fsp3) is 0.600. The minimum atomic E-state index is 0.713. The lowest BCUT2D eigenvalue weighted by Crippen LogP contribution is -2.13. The lowest BCUT2D eigenvalue weighted by atomic mass is 10.2. The summed E-state index contributed by atoms with van der Waals surface area (Å²) < 4.78 is 0. The third-order valence-electron chi connectivity index (χ3n) is 2.60. The molecule has 0 aromatic carbocycles. The number of anilines is 1. The van der Waals surface area contributed by atoms with Crippen molar-refractivity contribution in [1.29, 1.82) is 0 Å².